The lowest BCUT2D eigenvalue weighted by molar-refractivity contribution is 0.0994. The fourth-order valence-corrected chi connectivity index (χ4v) is 5.04. The number of rotatable bonds is 8. The number of anilines is 1. The van der Waals surface area contributed by atoms with E-state index in [4.69, 9.17) is 0 Å². The van der Waals surface area contributed by atoms with Gasteiger partial charge >= 0.3 is 0 Å². The molecule has 0 aliphatic heterocycles. The predicted octanol–water partition coefficient (Wildman–Crippen LogP) is 3.38. The average Bonchev–Trinajstić information content (AvgIpc) is 3.12. The van der Waals surface area contributed by atoms with Gasteiger partial charge in [0.05, 0.1) is 16.9 Å². The maximum atomic E-state index is 12.8. The molecule has 2 aromatic heterocycles. The number of aromatic nitrogens is 2. The number of benzene rings is 1. The maximum Gasteiger partial charge on any atom is 0.263 e. The van der Waals surface area contributed by atoms with Gasteiger partial charge in [-0.25, -0.2) is 13.4 Å². The van der Waals surface area contributed by atoms with Crippen LogP contribution in [0.2, 0.25) is 0 Å². The minimum Gasteiger partial charge on any atom is -0.293 e. The Kier molecular flexibility index (Phi) is 6.25. The Labute approximate surface area is 176 Å². The summed E-state index contributed by atoms with van der Waals surface area (Å²) in [6.07, 6.45) is 2.68. The molecular weight excluding hydrogens is 430 g/mol. The number of allylic oxidation sites excluding steroid dienone is 1. The van der Waals surface area contributed by atoms with E-state index in [1.54, 1.807) is 31.2 Å². The van der Waals surface area contributed by atoms with Crippen LogP contribution in [0.4, 0.5) is 5.69 Å². The first-order valence-electron chi connectivity index (χ1n) is 8.57. The molecule has 152 valence electrons. The summed E-state index contributed by atoms with van der Waals surface area (Å²) in [5.74, 6) is -0.147. The van der Waals surface area contributed by atoms with Gasteiger partial charge < -0.3 is 0 Å². The Bertz CT molecular complexity index is 1230. The van der Waals surface area contributed by atoms with Crippen LogP contribution in [0.25, 0.3) is 10.2 Å². The lowest BCUT2D eigenvalue weighted by atomic mass is 10.1. The normalized spacial score (nSPS) is 12.6. The van der Waals surface area contributed by atoms with Crippen molar-refractivity contribution in [1.82, 2.24) is 9.55 Å². The molecule has 1 atom stereocenters. The van der Waals surface area contributed by atoms with Crippen molar-refractivity contribution in [2.24, 2.45) is 0 Å². The second-order valence-corrected chi connectivity index (χ2v) is 10.3. The molecule has 10 heteroatoms. The Hall–Kier alpha value is -2.43. The van der Waals surface area contributed by atoms with E-state index < -0.39 is 15.3 Å². The topological polar surface area (TPSA) is 98.1 Å². The van der Waals surface area contributed by atoms with Gasteiger partial charge in [0.15, 0.2) is 10.9 Å². The largest absolute Gasteiger partial charge is 0.293 e. The van der Waals surface area contributed by atoms with Crippen LogP contribution in [0, 0.1) is 0 Å². The van der Waals surface area contributed by atoms with E-state index in [2.05, 4.69) is 16.3 Å². The van der Waals surface area contributed by atoms with Gasteiger partial charge in [-0.3, -0.25) is 18.9 Å². The minimum atomic E-state index is -3.38. The maximum absolute atomic E-state index is 12.8. The standard InChI is InChI=1S/C19H19N3O4S3/c1-4-10-22-18(24)15-9-11-27-17(15)20-19(22)28-12(2)16(23)13-5-7-14(8-6-13)21-29(3,25)26/h4-9,11-12,21H,1,10H2,2-3H3/t12-/m0/s1. The fourth-order valence-electron chi connectivity index (χ4n) is 2.67. The van der Waals surface area contributed by atoms with Crippen molar-refractivity contribution in [3.8, 4) is 0 Å². The van der Waals surface area contributed by atoms with E-state index >= 15 is 0 Å². The van der Waals surface area contributed by atoms with Gasteiger partial charge in [-0.2, -0.15) is 0 Å². The molecule has 0 saturated carbocycles. The number of carbonyl (C=O) groups excluding carboxylic acids is 1. The van der Waals surface area contributed by atoms with E-state index in [1.807, 2.05) is 5.38 Å². The highest BCUT2D eigenvalue weighted by molar-refractivity contribution is 8.00. The van der Waals surface area contributed by atoms with Crippen molar-refractivity contribution in [2.45, 2.75) is 23.9 Å². The van der Waals surface area contributed by atoms with Crippen LogP contribution >= 0.6 is 23.1 Å². The first-order chi connectivity index (χ1) is 13.7. The zero-order valence-electron chi connectivity index (χ0n) is 15.8. The monoisotopic (exact) mass is 449 g/mol. The summed E-state index contributed by atoms with van der Waals surface area (Å²) in [5.41, 5.74) is 0.669. The summed E-state index contributed by atoms with van der Waals surface area (Å²) in [5, 5.41) is 2.33. The quantitative estimate of drug-likeness (QED) is 0.245. The van der Waals surface area contributed by atoms with Crippen LogP contribution in [0.5, 0.6) is 0 Å². The van der Waals surface area contributed by atoms with Crippen LogP contribution < -0.4 is 10.3 Å². The molecule has 3 aromatic rings. The third kappa shape index (κ3) is 4.95. The number of fused-ring (bicyclic) bond motifs is 1. The average molecular weight is 450 g/mol. The third-order valence-electron chi connectivity index (χ3n) is 3.98. The van der Waals surface area contributed by atoms with Crippen LogP contribution in [0.3, 0.4) is 0 Å². The number of hydrogen-bond acceptors (Lipinski definition) is 7. The molecule has 0 bridgehead atoms. The van der Waals surface area contributed by atoms with Crippen LogP contribution in [-0.2, 0) is 16.6 Å². The molecule has 1 aromatic carbocycles. The van der Waals surface area contributed by atoms with Crippen LogP contribution in [0.15, 0.2) is 58.3 Å². The van der Waals surface area contributed by atoms with Crippen LogP contribution in [0.1, 0.15) is 17.3 Å². The highest BCUT2D eigenvalue weighted by atomic mass is 32.2. The first-order valence-corrected chi connectivity index (χ1v) is 12.2. The summed E-state index contributed by atoms with van der Waals surface area (Å²) in [7, 11) is -3.38. The summed E-state index contributed by atoms with van der Waals surface area (Å²) in [6.45, 7) is 5.74. The van der Waals surface area contributed by atoms with Crippen molar-refractivity contribution < 1.29 is 13.2 Å². The molecule has 0 saturated heterocycles. The van der Waals surface area contributed by atoms with Crippen molar-refractivity contribution in [3.05, 3.63) is 64.3 Å². The summed E-state index contributed by atoms with van der Waals surface area (Å²) in [4.78, 5) is 30.7. The molecule has 0 spiro atoms. The molecule has 1 N–H and O–H groups in total. The Morgan fingerprint density at radius 1 is 1.34 bits per heavy atom. The third-order valence-corrected chi connectivity index (χ3v) is 6.49. The predicted molar refractivity (Wildman–Crippen MR) is 119 cm³/mol. The Morgan fingerprint density at radius 3 is 2.66 bits per heavy atom. The summed E-state index contributed by atoms with van der Waals surface area (Å²) >= 11 is 2.59. The van der Waals surface area contributed by atoms with Gasteiger partial charge in [0, 0.05) is 17.8 Å². The van der Waals surface area contributed by atoms with Gasteiger partial charge in [0.1, 0.15) is 4.83 Å². The SMILES string of the molecule is C=CCn1c(S[C@@H](C)C(=O)c2ccc(NS(C)(=O)=O)cc2)nc2sccc2c1=O. The van der Waals surface area contributed by atoms with Crippen molar-refractivity contribution in [1.29, 1.82) is 0 Å². The van der Waals surface area contributed by atoms with Crippen molar-refractivity contribution in [3.63, 3.8) is 0 Å². The van der Waals surface area contributed by atoms with Gasteiger partial charge in [-0.1, -0.05) is 17.8 Å². The van der Waals surface area contributed by atoms with Gasteiger partial charge in [0.2, 0.25) is 10.0 Å². The molecular formula is C19H19N3O4S3. The van der Waals surface area contributed by atoms with Crippen molar-refractivity contribution in [2.75, 3.05) is 11.0 Å². The summed E-state index contributed by atoms with van der Waals surface area (Å²) in [6, 6.07) is 7.95. The second-order valence-electron chi connectivity index (χ2n) is 6.31. The minimum absolute atomic E-state index is 0.147. The highest BCUT2D eigenvalue weighted by Crippen LogP contribution is 2.27. The molecule has 7 nitrogen and oxygen atoms in total. The van der Waals surface area contributed by atoms with Gasteiger partial charge in [-0.15, -0.1) is 17.9 Å². The van der Waals surface area contributed by atoms with Gasteiger partial charge in [-0.05, 0) is 42.6 Å². The molecule has 2 heterocycles. The number of Topliss-reactive ketones (excluding diaryl/α,β-unsaturated/α-hetero) is 1. The zero-order chi connectivity index (χ0) is 21.2. The molecule has 3 rings (SSSR count). The number of thioether (sulfide) groups is 1. The fraction of sp³-hybridized carbons (Fsp3) is 0.211. The number of thiophene rings is 1. The molecule has 0 unspecified atom stereocenters. The number of nitrogens with one attached hydrogen (secondary N) is 1. The lowest BCUT2D eigenvalue weighted by Gasteiger charge is -2.14. The number of ketones is 1. The molecule has 0 aliphatic rings. The van der Waals surface area contributed by atoms with E-state index in [0.717, 1.165) is 6.26 Å². The zero-order valence-corrected chi connectivity index (χ0v) is 18.2. The van der Waals surface area contributed by atoms with Crippen LogP contribution in [-0.4, -0.2) is 35.3 Å². The van der Waals surface area contributed by atoms with E-state index in [9.17, 15) is 18.0 Å². The summed E-state index contributed by atoms with van der Waals surface area (Å²) < 4.78 is 26.5. The molecule has 0 radical (unpaired) electrons. The van der Waals surface area contributed by atoms with E-state index in [1.165, 1.54) is 39.8 Å². The van der Waals surface area contributed by atoms with Gasteiger partial charge in [0.25, 0.3) is 5.56 Å². The van der Waals surface area contributed by atoms with E-state index in [0.29, 0.717) is 33.2 Å². The van der Waals surface area contributed by atoms with Crippen molar-refractivity contribution >= 4 is 54.8 Å². The molecule has 0 fully saturated rings. The lowest BCUT2D eigenvalue weighted by Crippen LogP contribution is -2.24. The van der Waals surface area contributed by atoms with E-state index in [-0.39, 0.29) is 11.3 Å². The number of hydrogen-bond donors (Lipinski definition) is 1. The second kappa shape index (κ2) is 8.52. The number of carbonyl (C=O) groups is 1. The number of sulfonamides is 1. The Morgan fingerprint density at radius 2 is 2.03 bits per heavy atom. The Balaban J connectivity index is 1.85. The molecule has 0 aliphatic carbocycles. The smallest absolute Gasteiger partial charge is 0.263 e. The first kappa shape index (κ1) is 21.3. The molecule has 0 amide bonds. The highest BCUT2D eigenvalue weighted by Gasteiger charge is 2.21. The molecule has 29 heavy (non-hydrogen) atoms. The number of nitrogens with zero attached hydrogens (tertiary/aromatic N) is 2.